The first kappa shape index (κ1) is 12.3. The largest absolute Gasteiger partial charge is 0.372 e. The zero-order chi connectivity index (χ0) is 12.4. The summed E-state index contributed by atoms with van der Waals surface area (Å²) in [7, 11) is 0. The molecule has 1 aromatic heterocycles. The Labute approximate surface area is 102 Å². The molecule has 2 rings (SSSR count). The highest BCUT2D eigenvalue weighted by Crippen LogP contribution is 2.20. The Bertz CT molecular complexity index is 387. The number of nitrogens with zero attached hydrogens (tertiary/aromatic N) is 2. The van der Waals surface area contributed by atoms with E-state index in [-0.39, 0.29) is 18.0 Å². The van der Waals surface area contributed by atoms with Crippen molar-refractivity contribution in [1.29, 1.82) is 0 Å². The summed E-state index contributed by atoms with van der Waals surface area (Å²) in [4.78, 5) is 6.57. The quantitative estimate of drug-likeness (QED) is 0.791. The molecular weight excluding hydrogens is 219 g/mol. The molecule has 0 aliphatic carbocycles. The number of hydrogen-bond acceptors (Lipinski definition) is 3. The Morgan fingerprint density at radius 2 is 2.00 bits per heavy atom. The van der Waals surface area contributed by atoms with Gasteiger partial charge in [-0.1, -0.05) is 6.92 Å². The second-order valence-electron chi connectivity index (χ2n) is 4.65. The lowest BCUT2D eigenvalue weighted by molar-refractivity contribution is -0.00548. The van der Waals surface area contributed by atoms with Crippen LogP contribution in [-0.4, -0.2) is 30.3 Å². The van der Waals surface area contributed by atoms with E-state index in [1.165, 1.54) is 12.1 Å². The third kappa shape index (κ3) is 2.94. The highest BCUT2D eigenvalue weighted by atomic mass is 19.1. The van der Waals surface area contributed by atoms with Crippen molar-refractivity contribution < 1.29 is 9.13 Å². The van der Waals surface area contributed by atoms with Crippen molar-refractivity contribution in [3.8, 4) is 0 Å². The van der Waals surface area contributed by atoms with Gasteiger partial charge in [0.15, 0.2) is 0 Å². The van der Waals surface area contributed by atoms with Crippen molar-refractivity contribution in [3.63, 3.8) is 0 Å². The second kappa shape index (κ2) is 5.00. The summed E-state index contributed by atoms with van der Waals surface area (Å²) in [5.41, 5.74) is 0.798. The fourth-order valence-electron chi connectivity index (χ4n) is 2.24. The van der Waals surface area contributed by atoms with Crippen molar-refractivity contribution in [2.75, 3.05) is 18.0 Å². The SMILES string of the molecule is CCc1cc(F)cc(N2CC(C)OC(C)C2)n1. The number of rotatable bonds is 2. The topological polar surface area (TPSA) is 25.4 Å². The van der Waals surface area contributed by atoms with E-state index in [1.54, 1.807) is 0 Å². The van der Waals surface area contributed by atoms with Gasteiger partial charge in [-0.3, -0.25) is 0 Å². The summed E-state index contributed by atoms with van der Waals surface area (Å²) in [6, 6.07) is 3.00. The van der Waals surface area contributed by atoms with Gasteiger partial charge in [0.05, 0.1) is 12.2 Å². The number of morpholine rings is 1. The Balaban J connectivity index is 2.23. The number of halogens is 1. The second-order valence-corrected chi connectivity index (χ2v) is 4.65. The lowest BCUT2D eigenvalue weighted by atomic mass is 10.2. The fourth-order valence-corrected chi connectivity index (χ4v) is 2.24. The predicted octanol–water partition coefficient (Wildman–Crippen LogP) is 2.40. The first-order chi connectivity index (χ1) is 8.08. The highest BCUT2D eigenvalue weighted by Gasteiger charge is 2.23. The van der Waals surface area contributed by atoms with E-state index in [2.05, 4.69) is 9.88 Å². The Kier molecular flexibility index (Phi) is 3.62. The molecule has 1 saturated heterocycles. The van der Waals surface area contributed by atoms with Gasteiger partial charge >= 0.3 is 0 Å². The van der Waals surface area contributed by atoms with Crippen molar-refractivity contribution in [2.45, 2.75) is 39.4 Å². The van der Waals surface area contributed by atoms with Crippen LogP contribution in [0.4, 0.5) is 10.2 Å². The van der Waals surface area contributed by atoms with E-state index < -0.39 is 0 Å². The van der Waals surface area contributed by atoms with Crippen molar-refractivity contribution in [1.82, 2.24) is 4.98 Å². The molecule has 1 fully saturated rings. The third-order valence-corrected chi connectivity index (χ3v) is 2.94. The van der Waals surface area contributed by atoms with Crippen molar-refractivity contribution in [2.24, 2.45) is 0 Å². The molecule has 0 aromatic carbocycles. The van der Waals surface area contributed by atoms with E-state index >= 15 is 0 Å². The van der Waals surface area contributed by atoms with Crippen LogP contribution in [0.1, 0.15) is 26.5 Å². The molecule has 0 N–H and O–H groups in total. The highest BCUT2D eigenvalue weighted by molar-refractivity contribution is 5.40. The van der Waals surface area contributed by atoms with Gasteiger partial charge in [0, 0.05) is 24.8 Å². The molecule has 3 nitrogen and oxygen atoms in total. The zero-order valence-corrected chi connectivity index (χ0v) is 10.6. The molecule has 17 heavy (non-hydrogen) atoms. The number of anilines is 1. The van der Waals surface area contributed by atoms with Crippen LogP contribution in [0.25, 0.3) is 0 Å². The maximum Gasteiger partial charge on any atom is 0.131 e. The van der Waals surface area contributed by atoms with E-state index in [1.807, 2.05) is 20.8 Å². The van der Waals surface area contributed by atoms with Gasteiger partial charge in [0.2, 0.25) is 0 Å². The molecule has 1 aliphatic rings. The maximum absolute atomic E-state index is 13.5. The summed E-state index contributed by atoms with van der Waals surface area (Å²) in [5.74, 6) is 0.516. The number of pyridine rings is 1. The average Bonchev–Trinajstić information content (AvgIpc) is 2.26. The molecule has 4 heteroatoms. The van der Waals surface area contributed by atoms with Crippen LogP contribution < -0.4 is 4.90 Å². The molecular formula is C13H19FN2O. The monoisotopic (exact) mass is 238 g/mol. The van der Waals surface area contributed by atoms with Gasteiger partial charge in [0.25, 0.3) is 0 Å². The molecule has 2 atom stereocenters. The Hall–Kier alpha value is -1.16. The van der Waals surface area contributed by atoms with Crippen LogP contribution in [-0.2, 0) is 11.2 Å². The fraction of sp³-hybridized carbons (Fsp3) is 0.615. The lowest BCUT2D eigenvalue weighted by Crippen LogP contribution is -2.45. The zero-order valence-electron chi connectivity index (χ0n) is 10.6. The van der Waals surface area contributed by atoms with Gasteiger partial charge in [-0.25, -0.2) is 9.37 Å². The molecule has 2 heterocycles. The number of ether oxygens (including phenoxy) is 1. The van der Waals surface area contributed by atoms with Gasteiger partial charge in [-0.2, -0.15) is 0 Å². The normalized spacial score (nSPS) is 25.1. The van der Waals surface area contributed by atoms with Gasteiger partial charge in [0.1, 0.15) is 11.6 Å². The van der Waals surface area contributed by atoms with Crippen molar-refractivity contribution in [3.05, 3.63) is 23.6 Å². The summed E-state index contributed by atoms with van der Waals surface area (Å²) in [6.07, 6.45) is 1.07. The minimum atomic E-state index is -0.210. The van der Waals surface area contributed by atoms with Crippen LogP contribution in [0.15, 0.2) is 12.1 Å². The molecule has 1 aliphatic heterocycles. The average molecular weight is 238 g/mol. The van der Waals surface area contributed by atoms with E-state index in [0.717, 1.165) is 31.0 Å². The predicted molar refractivity (Wildman–Crippen MR) is 65.8 cm³/mol. The van der Waals surface area contributed by atoms with Crippen LogP contribution in [0.2, 0.25) is 0 Å². The van der Waals surface area contributed by atoms with Crippen LogP contribution >= 0.6 is 0 Å². The van der Waals surface area contributed by atoms with E-state index in [0.29, 0.717) is 0 Å². The molecule has 0 spiro atoms. The Morgan fingerprint density at radius 3 is 2.59 bits per heavy atom. The van der Waals surface area contributed by atoms with Crippen LogP contribution in [0, 0.1) is 5.82 Å². The number of aryl methyl sites for hydroxylation is 1. The number of aromatic nitrogens is 1. The third-order valence-electron chi connectivity index (χ3n) is 2.94. The molecule has 0 saturated carbocycles. The first-order valence-corrected chi connectivity index (χ1v) is 6.15. The van der Waals surface area contributed by atoms with E-state index in [9.17, 15) is 4.39 Å². The Morgan fingerprint density at radius 1 is 1.35 bits per heavy atom. The molecule has 0 amide bonds. The van der Waals surface area contributed by atoms with E-state index in [4.69, 9.17) is 4.74 Å². The standard InChI is InChI=1S/C13H19FN2O/c1-4-12-5-11(14)6-13(15-12)16-7-9(2)17-10(3)8-16/h5-6,9-10H,4,7-8H2,1-3H3. The summed E-state index contributed by atoms with van der Waals surface area (Å²) in [5, 5.41) is 0. The van der Waals surface area contributed by atoms with Crippen LogP contribution in [0.3, 0.4) is 0 Å². The summed E-state index contributed by atoms with van der Waals surface area (Å²) < 4.78 is 19.1. The molecule has 2 unspecified atom stereocenters. The molecule has 0 radical (unpaired) electrons. The lowest BCUT2D eigenvalue weighted by Gasteiger charge is -2.36. The van der Waals surface area contributed by atoms with Crippen molar-refractivity contribution >= 4 is 5.82 Å². The molecule has 0 bridgehead atoms. The molecule has 1 aromatic rings. The number of hydrogen-bond donors (Lipinski definition) is 0. The summed E-state index contributed by atoms with van der Waals surface area (Å²) >= 11 is 0. The summed E-state index contributed by atoms with van der Waals surface area (Å²) in [6.45, 7) is 7.58. The van der Waals surface area contributed by atoms with Gasteiger partial charge in [-0.05, 0) is 26.3 Å². The minimum absolute atomic E-state index is 0.161. The minimum Gasteiger partial charge on any atom is -0.372 e. The van der Waals surface area contributed by atoms with Crippen LogP contribution in [0.5, 0.6) is 0 Å². The smallest absolute Gasteiger partial charge is 0.131 e. The first-order valence-electron chi connectivity index (χ1n) is 6.15. The van der Waals surface area contributed by atoms with Gasteiger partial charge < -0.3 is 9.64 Å². The molecule has 94 valence electrons. The maximum atomic E-state index is 13.5. The van der Waals surface area contributed by atoms with Gasteiger partial charge in [-0.15, -0.1) is 0 Å².